The standard InChI is InChI=1S/C15H24N2O2/c1-4-15(5-2,11-18)16-10-14(19)17-13-8-6-7-12(3)9-13/h6-9,16,18H,4-5,10-11H2,1-3H3,(H,17,19). The summed E-state index contributed by atoms with van der Waals surface area (Å²) in [6, 6.07) is 7.69. The third kappa shape index (κ3) is 4.65. The first-order valence-corrected chi connectivity index (χ1v) is 6.77. The Kier molecular flexibility index (Phi) is 5.99. The number of amides is 1. The van der Waals surface area contributed by atoms with Gasteiger partial charge in [0, 0.05) is 11.2 Å². The number of hydrogen-bond donors (Lipinski definition) is 3. The van der Waals surface area contributed by atoms with Crippen LogP contribution in [0.25, 0.3) is 0 Å². The number of carbonyl (C=O) groups is 1. The van der Waals surface area contributed by atoms with Gasteiger partial charge in [0.15, 0.2) is 0 Å². The highest BCUT2D eigenvalue weighted by atomic mass is 16.3. The third-order valence-corrected chi connectivity index (χ3v) is 3.58. The molecule has 0 saturated heterocycles. The lowest BCUT2D eigenvalue weighted by atomic mass is 9.94. The second-order valence-corrected chi connectivity index (χ2v) is 4.92. The maximum atomic E-state index is 11.9. The number of hydrogen-bond acceptors (Lipinski definition) is 3. The molecule has 1 rings (SSSR count). The van der Waals surface area contributed by atoms with Crippen LogP contribution in [0.3, 0.4) is 0 Å². The quantitative estimate of drug-likeness (QED) is 0.706. The molecular weight excluding hydrogens is 240 g/mol. The van der Waals surface area contributed by atoms with Crippen LogP contribution in [0.15, 0.2) is 24.3 Å². The summed E-state index contributed by atoms with van der Waals surface area (Å²) in [5, 5.41) is 15.4. The van der Waals surface area contributed by atoms with Crippen molar-refractivity contribution in [1.82, 2.24) is 5.32 Å². The number of anilines is 1. The number of carbonyl (C=O) groups excluding carboxylic acids is 1. The van der Waals surface area contributed by atoms with E-state index in [-0.39, 0.29) is 24.6 Å². The summed E-state index contributed by atoms with van der Waals surface area (Å²) in [7, 11) is 0. The van der Waals surface area contributed by atoms with Crippen LogP contribution >= 0.6 is 0 Å². The van der Waals surface area contributed by atoms with Gasteiger partial charge in [-0.1, -0.05) is 26.0 Å². The van der Waals surface area contributed by atoms with E-state index in [1.807, 2.05) is 45.0 Å². The molecule has 1 aromatic carbocycles. The van der Waals surface area contributed by atoms with Crippen molar-refractivity contribution in [2.45, 2.75) is 39.2 Å². The van der Waals surface area contributed by atoms with E-state index >= 15 is 0 Å². The fourth-order valence-electron chi connectivity index (χ4n) is 1.98. The minimum Gasteiger partial charge on any atom is -0.394 e. The highest BCUT2D eigenvalue weighted by Gasteiger charge is 2.24. The Hall–Kier alpha value is -1.39. The molecule has 4 heteroatoms. The van der Waals surface area contributed by atoms with Crippen LogP contribution in [0.2, 0.25) is 0 Å². The molecule has 1 aromatic rings. The molecule has 0 unspecified atom stereocenters. The van der Waals surface area contributed by atoms with E-state index in [1.165, 1.54) is 0 Å². The fraction of sp³-hybridized carbons (Fsp3) is 0.533. The van der Waals surface area contributed by atoms with Gasteiger partial charge in [-0.3, -0.25) is 4.79 Å². The Morgan fingerprint density at radius 3 is 2.53 bits per heavy atom. The van der Waals surface area contributed by atoms with Gasteiger partial charge in [-0.15, -0.1) is 0 Å². The summed E-state index contributed by atoms with van der Waals surface area (Å²) in [4.78, 5) is 11.9. The summed E-state index contributed by atoms with van der Waals surface area (Å²) in [6.07, 6.45) is 1.58. The second kappa shape index (κ2) is 7.26. The fourth-order valence-corrected chi connectivity index (χ4v) is 1.98. The first kappa shape index (κ1) is 15.7. The Labute approximate surface area is 115 Å². The molecule has 0 radical (unpaired) electrons. The van der Waals surface area contributed by atoms with Crippen LogP contribution in [-0.2, 0) is 4.79 Å². The van der Waals surface area contributed by atoms with Crippen LogP contribution in [0.5, 0.6) is 0 Å². The van der Waals surface area contributed by atoms with E-state index in [0.717, 1.165) is 24.1 Å². The molecular formula is C15H24N2O2. The zero-order valence-corrected chi connectivity index (χ0v) is 12.0. The average Bonchev–Trinajstić information content (AvgIpc) is 2.41. The third-order valence-electron chi connectivity index (χ3n) is 3.58. The first-order chi connectivity index (χ1) is 9.05. The minimum absolute atomic E-state index is 0.0394. The summed E-state index contributed by atoms with van der Waals surface area (Å²) < 4.78 is 0. The lowest BCUT2D eigenvalue weighted by Gasteiger charge is -2.30. The molecule has 0 heterocycles. The van der Waals surface area contributed by atoms with Crippen LogP contribution in [0, 0.1) is 6.92 Å². The van der Waals surface area contributed by atoms with E-state index in [1.54, 1.807) is 0 Å². The maximum absolute atomic E-state index is 11.9. The van der Waals surface area contributed by atoms with Crippen LogP contribution in [0.4, 0.5) is 5.69 Å². The molecule has 0 aliphatic carbocycles. The largest absolute Gasteiger partial charge is 0.394 e. The molecule has 4 nitrogen and oxygen atoms in total. The normalized spacial score (nSPS) is 11.4. The van der Waals surface area contributed by atoms with E-state index in [4.69, 9.17) is 0 Å². The number of benzene rings is 1. The predicted octanol–water partition coefficient (Wildman–Crippen LogP) is 2.07. The smallest absolute Gasteiger partial charge is 0.238 e. The summed E-state index contributed by atoms with van der Waals surface area (Å²) in [6.45, 7) is 6.24. The van der Waals surface area contributed by atoms with Crippen molar-refractivity contribution >= 4 is 11.6 Å². The van der Waals surface area contributed by atoms with Crippen LogP contribution in [0.1, 0.15) is 32.3 Å². The van der Waals surface area contributed by atoms with Crippen molar-refractivity contribution in [1.29, 1.82) is 0 Å². The van der Waals surface area contributed by atoms with Crippen molar-refractivity contribution in [3.8, 4) is 0 Å². The number of nitrogens with one attached hydrogen (secondary N) is 2. The maximum Gasteiger partial charge on any atom is 0.238 e. The van der Waals surface area contributed by atoms with Crippen molar-refractivity contribution in [3.63, 3.8) is 0 Å². The minimum atomic E-state index is -0.357. The van der Waals surface area contributed by atoms with Gasteiger partial charge in [-0.05, 0) is 37.5 Å². The zero-order chi connectivity index (χ0) is 14.3. The van der Waals surface area contributed by atoms with Crippen LogP contribution in [-0.4, -0.2) is 29.7 Å². The monoisotopic (exact) mass is 264 g/mol. The molecule has 0 fully saturated rings. The summed E-state index contributed by atoms with van der Waals surface area (Å²) >= 11 is 0. The molecule has 0 aliphatic rings. The van der Waals surface area contributed by atoms with Gasteiger partial charge in [-0.25, -0.2) is 0 Å². The van der Waals surface area contributed by atoms with E-state index in [2.05, 4.69) is 10.6 Å². The van der Waals surface area contributed by atoms with Crippen LogP contribution < -0.4 is 10.6 Å². The van der Waals surface area contributed by atoms with E-state index in [9.17, 15) is 9.90 Å². The summed E-state index contributed by atoms with van der Waals surface area (Å²) in [5.74, 6) is -0.0923. The van der Waals surface area contributed by atoms with Gasteiger partial charge in [0.2, 0.25) is 5.91 Å². The predicted molar refractivity (Wildman–Crippen MR) is 78.2 cm³/mol. The molecule has 0 spiro atoms. The highest BCUT2D eigenvalue weighted by molar-refractivity contribution is 5.92. The number of aliphatic hydroxyl groups is 1. The highest BCUT2D eigenvalue weighted by Crippen LogP contribution is 2.14. The van der Waals surface area contributed by atoms with Gasteiger partial charge < -0.3 is 15.7 Å². The number of aryl methyl sites for hydroxylation is 1. The second-order valence-electron chi connectivity index (χ2n) is 4.92. The van der Waals surface area contributed by atoms with Gasteiger partial charge >= 0.3 is 0 Å². The Balaban J connectivity index is 2.52. The summed E-state index contributed by atoms with van der Waals surface area (Å²) in [5.41, 5.74) is 1.55. The van der Waals surface area contributed by atoms with Crippen molar-refractivity contribution in [2.75, 3.05) is 18.5 Å². The van der Waals surface area contributed by atoms with Gasteiger partial charge in [-0.2, -0.15) is 0 Å². The van der Waals surface area contributed by atoms with E-state index in [0.29, 0.717) is 0 Å². The lowest BCUT2D eigenvalue weighted by Crippen LogP contribution is -2.50. The lowest BCUT2D eigenvalue weighted by molar-refractivity contribution is -0.115. The topological polar surface area (TPSA) is 61.4 Å². The van der Waals surface area contributed by atoms with Crippen molar-refractivity contribution in [2.24, 2.45) is 0 Å². The molecule has 19 heavy (non-hydrogen) atoms. The molecule has 0 saturated carbocycles. The zero-order valence-electron chi connectivity index (χ0n) is 12.0. The molecule has 3 N–H and O–H groups in total. The molecule has 106 valence electrons. The Morgan fingerprint density at radius 2 is 2.00 bits per heavy atom. The average molecular weight is 264 g/mol. The van der Waals surface area contributed by atoms with Crippen molar-refractivity contribution < 1.29 is 9.90 Å². The molecule has 1 amide bonds. The van der Waals surface area contributed by atoms with Gasteiger partial charge in [0.05, 0.1) is 13.2 Å². The number of rotatable bonds is 7. The molecule has 0 aliphatic heterocycles. The molecule has 0 bridgehead atoms. The number of aliphatic hydroxyl groups excluding tert-OH is 1. The Bertz CT molecular complexity index is 406. The van der Waals surface area contributed by atoms with Crippen molar-refractivity contribution in [3.05, 3.63) is 29.8 Å². The van der Waals surface area contributed by atoms with Gasteiger partial charge in [0.1, 0.15) is 0 Å². The molecule has 0 aromatic heterocycles. The Morgan fingerprint density at radius 1 is 1.32 bits per heavy atom. The van der Waals surface area contributed by atoms with E-state index < -0.39 is 0 Å². The molecule has 0 atom stereocenters. The van der Waals surface area contributed by atoms with Gasteiger partial charge in [0.25, 0.3) is 0 Å². The first-order valence-electron chi connectivity index (χ1n) is 6.77. The SMILES string of the molecule is CCC(CC)(CO)NCC(=O)Nc1cccc(C)c1.